The first kappa shape index (κ1) is 20.9. The maximum atomic E-state index is 12.6. The molecular formula is C20H24N2O6. The van der Waals surface area contributed by atoms with Crippen molar-refractivity contribution in [3.05, 3.63) is 36.4 Å². The van der Waals surface area contributed by atoms with E-state index in [1.54, 1.807) is 36.4 Å². The fourth-order valence-corrected chi connectivity index (χ4v) is 2.63. The molecule has 0 saturated carbocycles. The Hall–Kier alpha value is -3.42. The molecule has 2 aromatic carbocycles. The Balaban J connectivity index is 2.23. The molecule has 0 unspecified atom stereocenters. The van der Waals surface area contributed by atoms with Crippen LogP contribution in [0.5, 0.6) is 23.0 Å². The summed E-state index contributed by atoms with van der Waals surface area (Å²) in [6.45, 7) is 1.18. The smallest absolute Gasteiger partial charge is 0.244 e. The van der Waals surface area contributed by atoms with Crippen LogP contribution >= 0.6 is 0 Å². The standard InChI is InChI=1S/C20H24N2O6/c1-13(23)22(16-11-15(25-2)7-9-17(16)26-3)12-20(24)21-14-6-8-18(27-4)19(10-14)28-5/h6-11H,12H2,1-5H3,(H,21,24). The summed E-state index contributed by atoms with van der Waals surface area (Å²) >= 11 is 0. The molecule has 150 valence electrons. The van der Waals surface area contributed by atoms with Crippen molar-refractivity contribution in [2.24, 2.45) is 0 Å². The van der Waals surface area contributed by atoms with Gasteiger partial charge in [0, 0.05) is 24.7 Å². The first-order valence-electron chi connectivity index (χ1n) is 8.45. The lowest BCUT2D eigenvalue weighted by Crippen LogP contribution is -2.37. The van der Waals surface area contributed by atoms with Crippen LogP contribution in [0.1, 0.15) is 6.92 Å². The molecule has 0 heterocycles. The van der Waals surface area contributed by atoms with Gasteiger partial charge in [-0.25, -0.2) is 0 Å². The van der Waals surface area contributed by atoms with Gasteiger partial charge in [-0.1, -0.05) is 0 Å². The molecule has 2 aromatic rings. The van der Waals surface area contributed by atoms with Crippen molar-refractivity contribution in [1.82, 2.24) is 0 Å². The van der Waals surface area contributed by atoms with Gasteiger partial charge in [0.1, 0.15) is 18.0 Å². The van der Waals surface area contributed by atoms with Gasteiger partial charge in [-0.15, -0.1) is 0 Å². The molecular weight excluding hydrogens is 364 g/mol. The van der Waals surface area contributed by atoms with E-state index in [0.29, 0.717) is 34.4 Å². The van der Waals surface area contributed by atoms with Crippen molar-refractivity contribution >= 4 is 23.2 Å². The highest BCUT2D eigenvalue weighted by atomic mass is 16.5. The maximum Gasteiger partial charge on any atom is 0.244 e. The van der Waals surface area contributed by atoms with Gasteiger partial charge in [0.25, 0.3) is 0 Å². The highest BCUT2D eigenvalue weighted by molar-refractivity contribution is 6.02. The molecule has 0 saturated heterocycles. The summed E-state index contributed by atoms with van der Waals surface area (Å²) in [5.74, 6) is 1.34. The predicted molar refractivity (Wildman–Crippen MR) is 106 cm³/mol. The largest absolute Gasteiger partial charge is 0.497 e. The normalized spacial score (nSPS) is 10.0. The molecule has 0 aliphatic carbocycles. The molecule has 2 amide bonds. The Labute approximate surface area is 163 Å². The Morgan fingerprint density at radius 3 is 2.07 bits per heavy atom. The summed E-state index contributed by atoms with van der Waals surface area (Å²) in [4.78, 5) is 26.1. The SMILES string of the molecule is COc1ccc(OC)c(N(CC(=O)Nc2ccc(OC)c(OC)c2)C(C)=O)c1. The Morgan fingerprint density at radius 1 is 0.857 bits per heavy atom. The van der Waals surface area contributed by atoms with Crippen LogP contribution in [0.25, 0.3) is 0 Å². The third kappa shape index (κ3) is 4.85. The van der Waals surface area contributed by atoms with Crippen LogP contribution in [0.4, 0.5) is 11.4 Å². The summed E-state index contributed by atoms with van der Waals surface area (Å²) < 4.78 is 20.9. The van der Waals surface area contributed by atoms with Gasteiger partial charge < -0.3 is 24.3 Å². The molecule has 0 bridgehead atoms. The number of hydrogen-bond acceptors (Lipinski definition) is 6. The van der Waals surface area contributed by atoms with Gasteiger partial charge in [0.15, 0.2) is 11.5 Å². The fourth-order valence-electron chi connectivity index (χ4n) is 2.63. The Morgan fingerprint density at radius 2 is 1.50 bits per heavy atom. The number of carbonyl (C=O) groups is 2. The summed E-state index contributed by atoms with van der Waals surface area (Å²) in [5.41, 5.74) is 0.959. The van der Waals surface area contributed by atoms with Crippen LogP contribution in [-0.4, -0.2) is 46.8 Å². The minimum absolute atomic E-state index is 0.201. The number of rotatable bonds is 8. The number of hydrogen-bond donors (Lipinski definition) is 1. The zero-order valence-corrected chi connectivity index (χ0v) is 16.6. The van der Waals surface area contributed by atoms with E-state index in [2.05, 4.69) is 5.32 Å². The van der Waals surface area contributed by atoms with E-state index in [1.807, 2.05) is 0 Å². The molecule has 28 heavy (non-hydrogen) atoms. The zero-order chi connectivity index (χ0) is 20.7. The maximum absolute atomic E-state index is 12.6. The molecule has 2 rings (SSSR count). The van der Waals surface area contributed by atoms with Crippen molar-refractivity contribution < 1.29 is 28.5 Å². The Bertz CT molecular complexity index is 853. The van der Waals surface area contributed by atoms with E-state index in [1.165, 1.54) is 40.3 Å². The number of ether oxygens (including phenoxy) is 4. The van der Waals surface area contributed by atoms with E-state index in [4.69, 9.17) is 18.9 Å². The number of nitrogens with one attached hydrogen (secondary N) is 1. The average Bonchev–Trinajstić information content (AvgIpc) is 2.71. The molecule has 8 heteroatoms. The first-order valence-corrected chi connectivity index (χ1v) is 8.45. The number of methoxy groups -OCH3 is 4. The van der Waals surface area contributed by atoms with Crippen molar-refractivity contribution in [3.63, 3.8) is 0 Å². The summed E-state index contributed by atoms with van der Waals surface area (Å²) in [6, 6.07) is 10.0. The van der Waals surface area contributed by atoms with Gasteiger partial charge in [-0.05, 0) is 24.3 Å². The fraction of sp³-hybridized carbons (Fsp3) is 0.300. The van der Waals surface area contributed by atoms with Gasteiger partial charge in [-0.2, -0.15) is 0 Å². The molecule has 0 fully saturated rings. The van der Waals surface area contributed by atoms with Gasteiger partial charge >= 0.3 is 0 Å². The second-order valence-corrected chi connectivity index (χ2v) is 5.76. The van der Waals surface area contributed by atoms with Crippen molar-refractivity contribution in [2.75, 3.05) is 45.2 Å². The molecule has 1 N–H and O–H groups in total. The summed E-state index contributed by atoms with van der Waals surface area (Å²) in [7, 11) is 6.05. The molecule has 8 nitrogen and oxygen atoms in total. The van der Waals surface area contributed by atoms with E-state index in [0.717, 1.165) is 0 Å². The average molecular weight is 388 g/mol. The molecule has 0 aliphatic heterocycles. The third-order valence-corrected chi connectivity index (χ3v) is 4.03. The van der Waals surface area contributed by atoms with Crippen LogP contribution in [0.3, 0.4) is 0 Å². The lowest BCUT2D eigenvalue weighted by molar-refractivity contribution is -0.120. The minimum Gasteiger partial charge on any atom is -0.497 e. The number of carbonyl (C=O) groups excluding carboxylic acids is 2. The number of nitrogens with zero attached hydrogens (tertiary/aromatic N) is 1. The quantitative estimate of drug-likeness (QED) is 0.748. The lowest BCUT2D eigenvalue weighted by atomic mass is 10.2. The number of anilines is 2. The van der Waals surface area contributed by atoms with E-state index >= 15 is 0 Å². The molecule has 0 atom stereocenters. The monoisotopic (exact) mass is 388 g/mol. The lowest BCUT2D eigenvalue weighted by Gasteiger charge is -2.23. The molecule has 0 radical (unpaired) electrons. The highest BCUT2D eigenvalue weighted by Crippen LogP contribution is 2.33. The zero-order valence-electron chi connectivity index (χ0n) is 16.6. The third-order valence-electron chi connectivity index (χ3n) is 4.03. The number of benzene rings is 2. The minimum atomic E-state index is -0.382. The highest BCUT2D eigenvalue weighted by Gasteiger charge is 2.20. The second-order valence-electron chi connectivity index (χ2n) is 5.76. The Kier molecular flexibility index (Phi) is 7.08. The van der Waals surface area contributed by atoms with Crippen LogP contribution in [0.2, 0.25) is 0 Å². The van der Waals surface area contributed by atoms with Crippen LogP contribution < -0.4 is 29.2 Å². The second kappa shape index (κ2) is 9.50. The topological polar surface area (TPSA) is 86.3 Å². The summed E-state index contributed by atoms with van der Waals surface area (Å²) in [5, 5.41) is 2.75. The summed E-state index contributed by atoms with van der Waals surface area (Å²) in [6.07, 6.45) is 0. The molecule has 0 aliphatic rings. The van der Waals surface area contributed by atoms with Crippen molar-refractivity contribution in [1.29, 1.82) is 0 Å². The first-order chi connectivity index (χ1) is 13.4. The van der Waals surface area contributed by atoms with Gasteiger partial charge in [0.2, 0.25) is 11.8 Å². The molecule has 0 spiro atoms. The van der Waals surface area contributed by atoms with Gasteiger partial charge in [-0.3, -0.25) is 14.5 Å². The van der Waals surface area contributed by atoms with E-state index in [-0.39, 0.29) is 18.4 Å². The van der Waals surface area contributed by atoms with Gasteiger partial charge in [0.05, 0.1) is 34.1 Å². The predicted octanol–water partition coefficient (Wildman–Crippen LogP) is 2.71. The number of amides is 2. The van der Waals surface area contributed by atoms with Crippen LogP contribution in [0, 0.1) is 0 Å². The molecule has 0 aromatic heterocycles. The van der Waals surface area contributed by atoms with Crippen molar-refractivity contribution in [2.45, 2.75) is 6.92 Å². The van der Waals surface area contributed by atoms with Crippen molar-refractivity contribution in [3.8, 4) is 23.0 Å². The van der Waals surface area contributed by atoms with E-state index in [9.17, 15) is 9.59 Å². The van der Waals surface area contributed by atoms with Crippen LogP contribution in [-0.2, 0) is 9.59 Å². The van der Waals surface area contributed by atoms with E-state index < -0.39 is 0 Å². The van der Waals surface area contributed by atoms with Crippen LogP contribution in [0.15, 0.2) is 36.4 Å².